The van der Waals surface area contributed by atoms with E-state index in [1.165, 1.54) is 12.5 Å². The minimum Gasteiger partial charge on any atom is -0.290 e. The van der Waals surface area contributed by atoms with Gasteiger partial charge in [0.15, 0.2) is 5.65 Å². The molecule has 0 aliphatic heterocycles. The maximum Gasteiger partial charge on any atom is 0.261 e. The van der Waals surface area contributed by atoms with Crippen LogP contribution in [0.25, 0.3) is 27.7 Å². The third kappa shape index (κ3) is 1.20. The molecule has 0 aliphatic rings. The minimum absolute atomic E-state index is 0.229. The number of nitrogens with zero attached hydrogens (tertiary/aromatic N) is 5. The topological polar surface area (TPSA) is 105 Å². The van der Waals surface area contributed by atoms with Crippen molar-refractivity contribution in [3.63, 3.8) is 0 Å². The molecule has 2 N–H and O–H groups in total. The molecular formula is C11H9N7O. The molecule has 0 saturated carbocycles. The van der Waals surface area contributed by atoms with E-state index in [9.17, 15) is 4.79 Å². The molecule has 0 spiro atoms. The van der Waals surface area contributed by atoms with Gasteiger partial charge in [-0.15, -0.1) is 0 Å². The summed E-state index contributed by atoms with van der Waals surface area (Å²) in [7, 11) is 0. The van der Waals surface area contributed by atoms with E-state index < -0.39 is 0 Å². The van der Waals surface area contributed by atoms with Gasteiger partial charge < -0.3 is 0 Å². The number of pyridine rings is 1. The van der Waals surface area contributed by atoms with Gasteiger partial charge in [-0.1, -0.05) is 6.92 Å². The van der Waals surface area contributed by atoms with Crippen LogP contribution in [0.1, 0.15) is 12.6 Å². The molecular weight excluding hydrogens is 246 g/mol. The fourth-order valence-corrected chi connectivity index (χ4v) is 2.33. The SMILES string of the molecule is CCc1[nH]nc2ncc3c(=O)[nH]c4ncnn4c3c12. The van der Waals surface area contributed by atoms with Gasteiger partial charge in [0.2, 0.25) is 5.78 Å². The third-order valence-electron chi connectivity index (χ3n) is 3.21. The van der Waals surface area contributed by atoms with Crippen LogP contribution < -0.4 is 5.56 Å². The Morgan fingerprint density at radius 1 is 1.37 bits per heavy atom. The molecule has 19 heavy (non-hydrogen) atoms. The van der Waals surface area contributed by atoms with E-state index in [1.54, 1.807) is 4.52 Å². The van der Waals surface area contributed by atoms with E-state index in [1.807, 2.05) is 6.92 Å². The molecule has 4 heterocycles. The Bertz CT molecular complexity index is 977. The zero-order chi connectivity index (χ0) is 13.0. The van der Waals surface area contributed by atoms with Crippen molar-refractivity contribution in [1.82, 2.24) is 34.8 Å². The number of H-pyrrole nitrogens is 2. The summed E-state index contributed by atoms with van der Waals surface area (Å²) in [5.74, 6) is 0.410. The molecule has 0 bridgehead atoms. The molecule has 0 aromatic carbocycles. The summed E-state index contributed by atoms with van der Waals surface area (Å²) in [5, 5.41) is 12.5. The smallest absolute Gasteiger partial charge is 0.261 e. The van der Waals surface area contributed by atoms with E-state index in [0.717, 1.165) is 17.5 Å². The van der Waals surface area contributed by atoms with E-state index in [2.05, 4.69) is 30.2 Å². The quantitative estimate of drug-likeness (QED) is 0.512. The Hall–Kier alpha value is -2.77. The largest absolute Gasteiger partial charge is 0.290 e. The first kappa shape index (κ1) is 10.2. The first-order valence-electron chi connectivity index (χ1n) is 5.87. The lowest BCUT2D eigenvalue weighted by molar-refractivity contribution is 0.973. The van der Waals surface area contributed by atoms with Crippen molar-refractivity contribution in [2.75, 3.05) is 0 Å². The van der Waals surface area contributed by atoms with Crippen molar-refractivity contribution < 1.29 is 0 Å². The molecule has 0 unspecified atom stereocenters. The first-order chi connectivity index (χ1) is 9.29. The van der Waals surface area contributed by atoms with E-state index in [4.69, 9.17) is 0 Å². The number of aromatic amines is 2. The van der Waals surface area contributed by atoms with Gasteiger partial charge in [0, 0.05) is 11.9 Å². The zero-order valence-electron chi connectivity index (χ0n) is 10.0. The number of hydrogen-bond donors (Lipinski definition) is 2. The van der Waals surface area contributed by atoms with Gasteiger partial charge in [-0.05, 0) is 6.42 Å². The molecule has 4 rings (SSSR count). The number of aryl methyl sites for hydroxylation is 1. The Morgan fingerprint density at radius 2 is 2.26 bits per heavy atom. The zero-order valence-corrected chi connectivity index (χ0v) is 10.0. The minimum atomic E-state index is -0.229. The maximum atomic E-state index is 12.0. The predicted octanol–water partition coefficient (Wildman–Crippen LogP) is 0.404. The second-order valence-electron chi connectivity index (χ2n) is 4.22. The van der Waals surface area contributed by atoms with Gasteiger partial charge in [0.05, 0.1) is 16.3 Å². The number of fused-ring (bicyclic) bond motifs is 5. The average molecular weight is 255 g/mol. The second-order valence-corrected chi connectivity index (χ2v) is 4.22. The normalized spacial score (nSPS) is 11.8. The molecule has 0 saturated heterocycles. The van der Waals surface area contributed by atoms with Crippen LogP contribution in [-0.2, 0) is 6.42 Å². The van der Waals surface area contributed by atoms with Crippen LogP contribution in [0.5, 0.6) is 0 Å². The molecule has 4 aromatic heterocycles. The highest BCUT2D eigenvalue weighted by Crippen LogP contribution is 2.23. The van der Waals surface area contributed by atoms with Crippen LogP contribution in [0, 0.1) is 0 Å². The number of nitrogens with one attached hydrogen (secondary N) is 2. The van der Waals surface area contributed by atoms with Gasteiger partial charge in [-0.3, -0.25) is 14.9 Å². The number of hydrogen-bond acceptors (Lipinski definition) is 5. The van der Waals surface area contributed by atoms with Crippen LogP contribution in [0.3, 0.4) is 0 Å². The van der Waals surface area contributed by atoms with Crippen molar-refractivity contribution in [2.24, 2.45) is 0 Å². The molecule has 94 valence electrons. The monoisotopic (exact) mass is 255 g/mol. The molecule has 4 aromatic rings. The van der Waals surface area contributed by atoms with Crippen molar-refractivity contribution >= 4 is 27.7 Å². The fraction of sp³-hybridized carbons (Fsp3) is 0.182. The summed E-state index contributed by atoms with van der Waals surface area (Å²) in [4.78, 5) is 22.9. The van der Waals surface area contributed by atoms with E-state index in [0.29, 0.717) is 22.3 Å². The van der Waals surface area contributed by atoms with Crippen LogP contribution in [0.2, 0.25) is 0 Å². The van der Waals surface area contributed by atoms with Crippen LogP contribution in [-0.4, -0.2) is 34.8 Å². The Morgan fingerprint density at radius 3 is 3.11 bits per heavy atom. The molecule has 8 heteroatoms. The highest BCUT2D eigenvalue weighted by molar-refractivity contribution is 6.03. The van der Waals surface area contributed by atoms with Gasteiger partial charge >= 0.3 is 0 Å². The Balaban J connectivity index is 2.43. The highest BCUT2D eigenvalue weighted by atomic mass is 16.1. The standard InChI is InChI=1S/C11H9N7O/c1-2-6-7-8-5(3-12-9(7)17-16-6)10(19)15-11-13-4-14-18(8)11/h3-4H,2H2,1H3,(H,12,16,17)(H,13,14,15,19). The van der Waals surface area contributed by atoms with Crippen molar-refractivity contribution in [1.29, 1.82) is 0 Å². The fourth-order valence-electron chi connectivity index (χ4n) is 2.33. The molecule has 8 nitrogen and oxygen atoms in total. The number of aromatic nitrogens is 7. The van der Waals surface area contributed by atoms with Crippen LogP contribution in [0.4, 0.5) is 0 Å². The van der Waals surface area contributed by atoms with Gasteiger partial charge in [-0.2, -0.15) is 19.7 Å². The lowest BCUT2D eigenvalue weighted by Crippen LogP contribution is -2.11. The lowest BCUT2D eigenvalue weighted by atomic mass is 10.2. The predicted molar refractivity (Wildman–Crippen MR) is 67.9 cm³/mol. The van der Waals surface area contributed by atoms with Crippen molar-refractivity contribution in [3.8, 4) is 0 Å². The molecule has 0 atom stereocenters. The second kappa shape index (κ2) is 3.37. The van der Waals surface area contributed by atoms with Crippen molar-refractivity contribution in [2.45, 2.75) is 13.3 Å². The van der Waals surface area contributed by atoms with E-state index >= 15 is 0 Å². The lowest BCUT2D eigenvalue weighted by Gasteiger charge is -2.02. The summed E-state index contributed by atoms with van der Waals surface area (Å²) >= 11 is 0. The van der Waals surface area contributed by atoms with Crippen LogP contribution >= 0.6 is 0 Å². The summed E-state index contributed by atoms with van der Waals surface area (Å²) in [6.07, 6.45) is 3.68. The van der Waals surface area contributed by atoms with Crippen LogP contribution in [0.15, 0.2) is 17.3 Å². The molecule has 0 aliphatic carbocycles. The van der Waals surface area contributed by atoms with E-state index in [-0.39, 0.29) is 5.56 Å². The molecule has 0 radical (unpaired) electrons. The highest BCUT2D eigenvalue weighted by Gasteiger charge is 2.15. The Kier molecular flexibility index (Phi) is 1.81. The summed E-state index contributed by atoms with van der Waals surface area (Å²) in [6, 6.07) is 0. The van der Waals surface area contributed by atoms with Gasteiger partial charge in [-0.25, -0.2) is 4.98 Å². The third-order valence-corrected chi connectivity index (χ3v) is 3.21. The summed E-state index contributed by atoms with van der Waals surface area (Å²) < 4.78 is 1.61. The number of rotatable bonds is 1. The molecule has 0 amide bonds. The van der Waals surface area contributed by atoms with Gasteiger partial charge in [0.1, 0.15) is 6.33 Å². The maximum absolute atomic E-state index is 12.0. The average Bonchev–Trinajstić information content (AvgIpc) is 3.03. The first-order valence-corrected chi connectivity index (χ1v) is 5.87. The van der Waals surface area contributed by atoms with Crippen molar-refractivity contribution in [3.05, 3.63) is 28.6 Å². The molecule has 0 fully saturated rings. The summed E-state index contributed by atoms with van der Waals surface area (Å²) in [5.41, 5.74) is 1.96. The van der Waals surface area contributed by atoms with Gasteiger partial charge in [0.25, 0.3) is 5.56 Å². The Labute approximate surface area is 105 Å². The summed E-state index contributed by atoms with van der Waals surface area (Å²) in [6.45, 7) is 2.01.